The molecule has 2 atom stereocenters. The van der Waals surface area contributed by atoms with Crippen LogP contribution in [0.2, 0.25) is 0 Å². The van der Waals surface area contributed by atoms with Crippen molar-refractivity contribution >= 4 is 29.4 Å². The van der Waals surface area contributed by atoms with Gasteiger partial charge in [-0.15, -0.1) is 0 Å². The Morgan fingerprint density at radius 1 is 1.07 bits per heavy atom. The summed E-state index contributed by atoms with van der Waals surface area (Å²) in [5.74, 6) is -0.594. The number of nitrogens with zero attached hydrogens (tertiary/aromatic N) is 3. The van der Waals surface area contributed by atoms with Gasteiger partial charge in [-0.25, -0.2) is 4.98 Å². The molecule has 5 N–H and O–H groups in total. The van der Waals surface area contributed by atoms with E-state index < -0.39 is 29.4 Å². The van der Waals surface area contributed by atoms with Gasteiger partial charge in [-0.2, -0.15) is 0 Å². The summed E-state index contributed by atoms with van der Waals surface area (Å²) in [7, 11) is 1.59. The second-order valence-corrected chi connectivity index (χ2v) is 11.5. The third-order valence-corrected chi connectivity index (χ3v) is 7.31. The van der Waals surface area contributed by atoms with E-state index in [1.165, 1.54) is 30.9 Å². The predicted octanol–water partition coefficient (Wildman–Crippen LogP) is 1.58. The zero-order valence-electron chi connectivity index (χ0n) is 25.8. The number of ether oxygens (including phenoxy) is 2. The Bertz CT molecular complexity index is 1450. The van der Waals surface area contributed by atoms with Crippen molar-refractivity contribution in [3.63, 3.8) is 0 Å². The van der Waals surface area contributed by atoms with Crippen molar-refractivity contribution in [1.29, 1.82) is 0 Å². The summed E-state index contributed by atoms with van der Waals surface area (Å²) in [5, 5.41) is 8.24. The average Bonchev–Trinajstić information content (AvgIpc) is 3.69. The fourth-order valence-electron chi connectivity index (χ4n) is 4.76. The van der Waals surface area contributed by atoms with Gasteiger partial charge in [-0.05, 0) is 49.9 Å². The van der Waals surface area contributed by atoms with Crippen LogP contribution in [0.3, 0.4) is 0 Å². The van der Waals surface area contributed by atoms with Gasteiger partial charge in [-0.3, -0.25) is 19.2 Å². The third-order valence-electron chi connectivity index (χ3n) is 7.31. The normalized spacial score (nSPS) is 15.3. The highest BCUT2D eigenvalue weighted by Gasteiger charge is 2.34. The minimum Gasteiger partial charge on any atom is -0.497 e. The number of carbonyl (C=O) groups excluding carboxylic acids is 4. The molecule has 0 spiro atoms. The van der Waals surface area contributed by atoms with Gasteiger partial charge in [0.15, 0.2) is 5.82 Å². The molecule has 1 aliphatic heterocycles. The van der Waals surface area contributed by atoms with Crippen LogP contribution in [-0.4, -0.2) is 76.0 Å². The monoisotopic (exact) mass is 619 g/mol. The number of methoxy groups -OCH3 is 1. The molecule has 3 aromatic rings. The average molecular weight is 620 g/mol. The maximum atomic E-state index is 13.2. The Morgan fingerprint density at radius 2 is 1.80 bits per heavy atom. The minimum absolute atomic E-state index is 0.0627. The van der Waals surface area contributed by atoms with E-state index in [4.69, 9.17) is 15.2 Å². The first kappa shape index (κ1) is 33.1. The Labute approximate surface area is 262 Å². The van der Waals surface area contributed by atoms with Crippen LogP contribution < -0.4 is 26.4 Å². The van der Waals surface area contributed by atoms with Crippen LogP contribution in [0.4, 0.5) is 5.82 Å². The Hall–Kier alpha value is -4.75. The first-order chi connectivity index (χ1) is 21.5. The Balaban J connectivity index is 1.31. The lowest BCUT2D eigenvalue weighted by atomic mass is 10.1. The standard InChI is InChI=1S/C32H41N7O6/c1-32(2,33)31(43)36-25(20-45-19-23-8-5-4-6-9-23)29(41)37-27-17-38(21-35-27)18-28(40)39-15-7-10-26(39)30(42)34-16-22-11-13-24(44-3)14-12-22/h4-6,8-9,11-14,17,21,25-26H,7,10,15-16,18-20,33H2,1-3H3,(H,34,42)(H,36,43)(H,37,41). The number of benzene rings is 2. The van der Waals surface area contributed by atoms with Gasteiger partial charge in [0.1, 0.15) is 24.4 Å². The summed E-state index contributed by atoms with van der Waals surface area (Å²) in [4.78, 5) is 57.6. The largest absolute Gasteiger partial charge is 0.497 e. The van der Waals surface area contributed by atoms with E-state index in [2.05, 4.69) is 20.9 Å². The van der Waals surface area contributed by atoms with Gasteiger partial charge in [0.25, 0.3) is 5.91 Å². The van der Waals surface area contributed by atoms with Gasteiger partial charge in [0.05, 0.1) is 32.2 Å². The highest BCUT2D eigenvalue weighted by Crippen LogP contribution is 2.19. The number of carbonyl (C=O) groups is 4. The molecule has 0 bridgehead atoms. The molecule has 45 heavy (non-hydrogen) atoms. The smallest absolute Gasteiger partial charge is 0.250 e. The van der Waals surface area contributed by atoms with Crippen molar-refractivity contribution in [1.82, 2.24) is 25.1 Å². The quantitative estimate of drug-likeness (QED) is 0.211. The molecule has 0 aliphatic carbocycles. The predicted molar refractivity (Wildman–Crippen MR) is 167 cm³/mol. The highest BCUT2D eigenvalue weighted by molar-refractivity contribution is 5.98. The number of anilines is 1. The van der Waals surface area contributed by atoms with Crippen molar-refractivity contribution in [3.8, 4) is 5.75 Å². The van der Waals surface area contributed by atoms with Gasteiger partial charge < -0.3 is 40.6 Å². The number of likely N-dealkylation sites (tertiary alicyclic amines) is 1. The van der Waals surface area contributed by atoms with E-state index in [1.54, 1.807) is 12.0 Å². The van der Waals surface area contributed by atoms with Crippen molar-refractivity contribution in [2.45, 2.75) is 64.0 Å². The van der Waals surface area contributed by atoms with E-state index in [1.807, 2.05) is 54.6 Å². The summed E-state index contributed by atoms with van der Waals surface area (Å²) >= 11 is 0. The van der Waals surface area contributed by atoms with Crippen LogP contribution >= 0.6 is 0 Å². The lowest BCUT2D eigenvalue weighted by Crippen LogP contribution is -2.56. The third kappa shape index (κ3) is 9.62. The van der Waals surface area contributed by atoms with Crippen LogP contribution in [-0.2, 0) is 43.6 Å². The number of imidazole rings is 1. The van der Waals surface area contributed by atoms with Crippen LogP contribution in [0.5, 0.6) is 5.75 Å². The van der Waals surface area contributed by atoms with Crippen molar-refractivity contribution in [2.24, 2.45) is 5.73 Å². The summed E-state index contributed by atoms with van der Waals surface area (Å²) in [5.41, 5.74) is 6.55. The Morgan fingerprint density at radius 3 is 2.49 bits per heavy atom. The molecule has 13 heteroatoms. The fourth-order valence-corrected chi connectivity index (χ4v) is 4.76. The molecule has 0 radical (unpaired) electrons. The molecular weight excluding hydrogens is 578 g/mol. The van der Waals surface area contributed by atoms with Crippen molar-refractivity contribution in [2.75, 3.05) is 25.6 Å². The highest BCUT2D eigenvalue weighted by atomic mass is 16.5. The minimum atomic E-state index is -1.21. The zero-order chi connectivity index (χ0) is 32.4. The first-order valence-electron chi connectivity index (χ1n) is 14.8. The van der Waals surface area contributed by atoms with Crippen LogP contribution in [0.15, 0.2) is 67.1 Å². The molecule has 13 nitrogen and oxygen atoms in total. The maximum Gasteiger partial charge on any atom is 0.250 e. The molecule has 1 aliphatic rings. The van der Waals surface area contributed by atoms with Crippen molar-refractivity contribution in [3.05, 3.63) is 78.2 Å². The van der Waals surface area contributed by atoms with E-state index in [9.17, 15) is 19.2 Å². The fraction of sp³-hybridized carbons (Fsp3) is 0.406. The molecular formula is C32H41N7O6. The summed E-state index contributed by atoms with van der Waals surface area (Å²) in [6.45, 7) is 3.98. The number of aromatic nitrogens is 2. The van der Waals surface area contributed by atoms with Gasteiger partial charge in [0.2, 0.25) is 17.7 Å². The number of hydrogen-bond donors (Lipinski definition) is 4. The number of nitrogens with one attached hydrogen (secondary N) is 3. The maximum absolute atomic E-state index is 13.2. The topological polar surface area (TPSA) is 170 Å². The van der Waals surface area contributed by atoms with Crippen LogP contribution in [0.1, 0.15) is 37.8 Å². The summed E-state index contributed by atoms with van der Waals surface area (Å²) < 4.78 is 12.4. The van der Waals surface area contributed by atoms with Crippen molar-refractivity contribution < 1.29 is 28.7 Å². The van der Waals surface area contributed by atoms with Gasteiger partial charge >= 0.3 is 0 Å². The van der Waals surface area contributed by atoms with Crippen LogP contribution in [0, 0.1) is 0 Å². The summed E-state index contributed by atoms with van der Waals surface area (Å²) in [6, 6.07) is 15.2. The lowest BCUT2D eigenvalue weighted by molar-refractivity contribution is -0.139. The summed E-state index contributed by atoms with van der Waals surface area (Å²) in [6.07, 6.45) is 4.23. The lowest BCUT2D eigenvalue weighted by Gasteiger charge is -2.24. The van der Waals surface area contributed by atoms with Gasteiger partial charge in [-0.1, -0.05) is 42.5 Å². The molecule has 4 rings (SSSR count). The molecule has 4 amide bonds. The number of rotatable bonds is 14. The van der Waals surface area contributed by atoms with E-state index >= 15 is 0 Å². The van der Waals surface area contributed by atoms with Gasteiger partial charge in [0, 0.05) is 19.3 Å². The molecule has 1 aromatic heterocycles. The van der Waals surface area contributed by atoms with E-state index in [-0.39, 0.29) is 37.4 Å². The Kier molecular flexibility index (Phi) is 11.3. The molecule has 0 saturated carbocycles. The molecule has 240 valence electrons. The molecule has 1 saturated heterocycles. The number of nitrogens with two attached hydrogens (primary N) is 1. The number of amides is 4. The van der Waals surface area contributed by atoms with Crippen LogP contribution in [0.25, 0.3) is 0 Å². The SMILES string of the molecule is COc1ccc(CNC(=O)C2CCCN2C(=O)Cn2cnc(NC(=O)C(COCc3ccccc3)NC(=O)C(C)(C)N)c2)cc1. The zero-order valence-corrected chi connectivity index (χ0v) is 25.8. The molecule has 2 unspecified atom stereocenters. The number of hydrogen-bond acceptors (Lipinski definition) is 8. The first-order valence-corrected chi connectivity index (χ1v) is 14.8. The molecule has 2 aromatic carbocycles. The second-order valence-electron chi connectivity index (χ2n) is 11.5. The second kappa shape index (κ2) is 15.3. The van der Waals surface area contributed by atoms with E-state index in [0.717, 1.165) is 23.3 Å². The van der Waals surface area contributed by atoms with E-state index in [0.29, 0.717) is 19.5 Å². The molecule has 2 heterocycles. The molecule has 1 fully saturated rings.